The number of nitrogens with one attached hydrogen (secondary N) is 2. The van der Waals surface area contributed by atoms with Gasteiger partial charge in [-0.2, -0.15) is 4.52 Å². The lowest BCUT2D eigenvalue weighted by molar-refractivity contribution is 0.582. The molecule has 0 aliphatic heterocycles. The predicted octanol–water partition coefficient (Wildman–Crippen LogP) is 2.59. The Hall–Kier alpha value is -3.04. The van der Waals surface area contributed by atoms with Crippen LogP contribution in [0, 0.1) is 20.8 Å². The molecule has 0 radical (unpaired) electrons. The number of aryl methyl sites for hydroxylation is 3. The van der Waals surface area contributed by atoms with Gasteiger partial charge in [-0.25, -0.2) is 23.1 Å². The van der Waals surface area contributed by atoms with E-state index in [9.17, 15) is 8.42 Å². The van der Waals surface area contributed by atoms with Gasteiger partial charge < -0.3 is 5.32 Å². The van der Waals surface area contributed by atoms with Crippen LogP contribution < -0.4 is 10.0 Å². The molecule has 8 nitrogen and oxygen atoms in total. The second kappa shape index (κ2) is 7.41. The molecular weight excluding hydrogens is 388 g/mol. The molecule has 0 saturated heterocycles. The van der Waals surface area contributed by atoms with Gasteiger partial charge in [0.2, 0.25) is 16.0 Å². The summed E-state index contributed by atoms with van der Waals surface area (Å²) in [5, 5.41) is 8.48. The van der Waals surface area contributed by atoms with Gasteiger partial charge in [0.15, 0.2) is 5.65 Å². The Morgan fingerprint density at radius 2 is 1.79 bits per heavy atom. The third-order valence-corrected chi connectivity index (χ3v) is 6.22. The van der Waals surface area contributed by atoms with Crippen molar-refractivity contribution in [1.82, 2.24) is 24.3 Å². The van der Waals surface area contributed by atoms with Crippen molar-refractivity contribution >= 4 is 32.5 Å². The van der Waals surface area contributed by atoms with Gasteiger partial charge >= 0.3 is 0 Å². The Bertz CT molecular complexity index is 1310. The predicted molar refractivity (Wildman–Crippen MR) is 113 cm³/mol. The average molecular weight is 411 g/mol. The van der Waals surface area contributed by atoms with Crippen LogP contribution in [0.25, 0.3) is 16.6 Å². The van der Waals surface area contributed by atoms with Gasteiger partial charge in [0.25, 0.3) is 0 Å². The van der Waals surface area contributed by atoms with E-state index in [1.165, 1.54) is 0 Å². The van der Waals surface area contributed by atoms with Crippen LogP contribution in [0.1, 0.15) is 17.0 Å². The Morgan fingerprint density at radius 3 is 2.62 bits per heavy atom. The summed E-state index contributed by atoms with van der Waals surface area (Å²) in [6.45, 7) is 6.04. The molecule has 2 heterocycles. The van der Waals surface area contributed by atoms with Gasteiger partial charge in [0, 0.05) is 18.5 Å². The average Bonchev–Trinajstić information content (AvgIpc) is 3.09. The maximum Gasteiger partial charge on any atom is 0.240 e. The highest BCUT2D eigenvalue weighted by molar-refractivity contribution is 7.89. The molecule has 2 aromatic carbocycles. The molecule has 9 heteroatoms. The zero-order chi connectivity index (χ0) is 20.6. The zero-order valence-electron chi connectivity index (χ0n) is 16.5. The molecular formula is C20H22N6O2S. The fourth-order valence-corrected chi connectivity index (χ4v) is 4.57. The van der Waals surface area contributed by atoms with Crippen LogP contribution in [0.15, 0.2) is 47.4 Å². The van der Waals surface area contributed by atoms with Crippen molar-refractivity contribution in [3.63, 3.8) is 0 Å². The number of sulfonamides is 1. The molecule has 0 spiro atoms. The third-order valence-electron chi connectivity index (χ3n) is 4.62. The topological polar surface area (TPSA) is 101 Å². The summed E-state index contributed by atoms with van der Waals surface area (Å²) >= 11 is 0. The van der Waals surface area contributed by atoms with Gasteiger partial charge in [-0.05, 0) is 50.1 Å². The first kappa shape index (κ1) is 19.3. The van der Waals surface area contributed by atoms with Crippen molar-refractivity contribution in [3.8, 4) is 0 Å². The first-order chi connectivity index (χ1) is 13.8. The highest BCUT2D eigenvalue weighted by Gasteiger charge is 2.17. The van der Waals surface area contributed by atoms with E-state index in [2.05, 4.69) is 25.1 Å². The van der Waals surface area contributed by atoms with Crippen molar-refractivity contribution in [2.45, 2.75) is 25.7 Å². The molecule has 0 amide bonds. The van der Waals surface area contributed by atoms with Crippen LogP contribution in [-0.2, 0) is 10.0 Å². The van der Waals surface area contributed by atoms with E-state index in [-0.39, 0.29) is 6.54 Å². The fourth-order valence-electron chi connectivity index (χ4n) is 3.21. The van der Waals surface area contributed by atoms with Crippen LogP contribution in [0.2, 0.25) is 0 Å². The minimum absolute atomic E-state index is 0.208. The van der Waals surface area contributed by atoms with Gasteiger partial charge in [-0.1, -0.05) is 24.3 Å². The van der Waals surface area contributed by atoms with Gasteiger partial charge in [-0.3, -0.25) is 0 Å². The number of para-hydroxylation sites is 1. The molecule has 2 aromatic heterocycles. The first-order valence-corrected chi connectivity index (χ1v) is 10.8. The van der Waals surface area contributed by atoms with Gasteiger partial charge in [0.1, 0.15) is 5.82 Å². The number of nitrogens with zero attached hydrogens (tertiary/aromatic N) is 4. The summed E-state index contributed by atoms with van der Waals surface area (Å²) in [6.07, 6.45) is 0. The van der Waals surface area contributed by atoms with Crippen molar-refractivity contribution < 1.29 is 8.42 Å². The minimum Gasteiger partial charge on any atom is -0.353 e. The van der Waals surface area contributed by atoms with E-state index < -0.39 is 10.0 Å². The number of rotatable bonds is 6. The molecule has 0 atom stereocenters. The molecule has 0 bridgehead atoms. The van der Waals surface area contributed by atoms with E-state index in [1.54, 1.807) is 17.5 Å². The fraction of sp³-hybridized carbons (Fsp3) is 0.250. The molecule has 29 heavy (non-hydrogen) atoms. The number of fused-ring (bicyclic) bond motifs is 3. The van der Waals surface area contributed by atoms with Crippen LogP contribution in [-0.4, -0.2) is 41.1 Å². The Morgan fingerprint density at radius 1 is 1.00 bits per heavy atom. The van der Waals surface area contributed by atoms with Gasteiger partial charge in [-0.15, -0.1) is 5.10 Å². The summed E-state index contributed by atoms with van der Waals surface area (Å²) in [5.74, 6) is 1.16. The summed E-state index contributed by atoms with van der Waals surface area (Å²) in [4.78, 5) is 9.40. The van der Waals surface area contributed by atoms with E-state index in [0.717, 1.165) is 16.5 Å². The first-order valence-electron chi connectivity index (χ1n) is 9.28. The largest absolute Gasteiger partial charge is 0.353 e. The number of hydrogen-bond donors (Lipinski definition) is 2. The van der Waals surface area contributed by atoms with Crippen LogP contribution in [0.3, 0.4) is 0 Å². The molecule has 0 saturated carbocycles. The van der Waals surface area contributed by atoms with Crippen molar-refractivity contribution in [1.29, 1.82) is 0 Å². The van der Waals surface area contributed by atoms with Gasteiger partial charge in [0.05, 0.1) is 10.4 Å². The van der Waals surface area contributed by atoms with Crippen LogP contribution >= 0.6 is 0 Å². The Kier molecular flexibility index (Phi) is 4.93. The molecule has 0 fully saturated rings. The number of benzene rings is 2. The van der Waals surface area contributed by atoms with Crippen LogP contribution in [0.4, 0.5) is 5.95 Å². The second-order valence-electron chi connectivity index (χ2n) is 6.94. The standard InChI is InChI=1S/C20H22N6O2S/c1-13-8-9-14(2)18(12-13)29(27,28)22-11-10-21-20-24-17-7-5-4-6-16(17)19-23-15(3)25-26(19)20/h4-9,12,22H,10-11H2,1-3H3,(H,21,24). The molecule has 0 unspecified atom stereocenters. The number of hydrogen-bond acceptors (Lipinski definition) is 6. The normalized spacial score (nSPS) is 12.0. The maximum absolute atomic E-state index is 12.6. The maximum atomic E-state index is 12.6. The molecule has 4 aromatic rings. The molecule has 4 rings (SSSR count). The lowest BCUT2D eigenvalue weighted by atomic mass is 10.2. The van der Waals surface area contributed by atoms with E-state index in [1.807, 2.05) is 50.2 Å². The van der Waals surface area contributed by atoms with Crippen molar-refractivity contribution in [3.05, 3.63) is 59.4 Å². The lowest BCUT2D eigenvalue weighted by Crippen LogP contribution is -2.30. The minimum atomic E-state index is -3.59. The van der Waals surface area contributed by atoms with Crippen LogP contribution in [0.5, 0.6) is 0 Å². The van der Waals surface area contributed by atoms with Crippen molar-refractivity contribution in [2.24, 2.45) is 0 Å². The molecule has 0 aliphatic rings. The molecule has 150 valence electrons. The molecule has 2 N–H and O–H groups in total. The summed E-state index contributed by atoms with van der Waals surface area (Å²) in [7, 11) is -3.59. The monoisotopic (exact) mass is 410 g/mol. The van der Waals surface area contributed by atoms with E-state index >= 15 is 0 Å². The second-order valence-corrected chi connectivity index (χ2v) is 8.68. The summed E-state index contributed by atoms with van der Waals surface area (Å²) in [6, 6.07) is 13.1. The summed E-state index contributed by atoms with van der Waals surface area (Å²) in [5.41, 5.74) is 3.13. The highest BCUT2D eigenvalue weighted by Crippen LogP contribution is 2.20. The van der Waals surface area contributed by atoms with E-state index in [4.69, 9.17) is 0 Å². The van der Waals surface area contributed by atoms with E-state index in [0.29, 0.717) is 34.4 Å². The highest BCUT2D eigenvalue weighted by atomic mass is 32.2. The zero-order valence-corrected chi connectivity index (χ0v) is 17.3. The Balaban J connectivity index is 1.52. The smallest absolute Gasteiger partial charge is 0.240 e. The molecule has 0 aliphatic carbocycles. The Labute approximate surface area is 169 Å². The lowest BCUT2D eigenvalue weighted by Gasteiger charge is -2.12. The third kappa shape index (κ3) is 3.79. The SMILES string of the molecule is Cc1ccc(C)c(S(=O)(=O)NCCNc2nc3ccccc3c3nc(C)nn23)c1. The summed E-state index contributed by atoms with van der Waals surface area (Å²) < 4.78 is 29.5. The van der Waals surface area contributed by atoms with Crippen molar-refractivity contribution in [2.75, 3.05) is 18.4 Å². The quantitative estimate of drug-likeness (QED) is 0.474. The number of anilines is 1. The number of aromatic nitrogens is 4.